The van der Waals surface area contributed by atoms with Crippen LogP contribution in [0.1, 0.15) is 21.5 Å². The van der Waals surface area contributed by atoms with E-state index in [0.717, 1.165) is 11.1 Å². The molecule has 2 aromatic rings. The van der Waals surface area contributed by atoms with Crippen LogP contribution in [-0.4, -0.2) is 38.0 Å². The van der Waals surface area contributed by atoms with Gasteiger partial charge in [-0.05, 0) is 35.9 Å². The van der Waals surface area contributed by atoms with Crippen molar-refractivity contribution >= 4 is 17.9 Å². The molecule has 26 heavy (non-hydrogen) atoms. The monoisotopic (exact) mass is 354 g/mol. The van der Waals surface area contributed by atoms with Gasteiger partial charge in [0.1, 0.15) is 11.5 Å². The first-order valence-electron chi connectivity index (χ1n) is 7.98. The summed E-state index contributed by atoms with van der Waals surface area (Å²) >= 11 is 0. The maximum absolute atomic E-state index is 12.3. The Bertz CT molecular complexity index is 830. The van der Waals surface area contributed by atoms with Gasteiger partial charge in [-0.2, -0.15) is 0 Å². The van der Waals surface area contributed by atoms with Crippen LogP contribution in [0.5, 0.6) is 11.5 Å². The van der Waals surface area contributed by atoms with Gasteiger partial charge in [0.25, 0.3) is 0 Å². The number of rotatable bonds is 7. The molecule has 2 N–H and O–H groups in total. The van der Waals surface area contributed by atoms with Gasteiger partial charge in [0.2, 0.25) is 11.8 Å². The van der Waals surface area contributed by atoms with Crippen LogP contribution >= 0.6 is 0 Å². The lowest BCUT2D eigenvalue weighted by molar-refractivity contribution is -0.125. The number of likely N-dealkylation sites (N-methyl/N-ethyl adjacent to an activating group) is 1. The predicted octanol–water partition coefficient (Wildman–Crippen LogP) is 2.47. The summed E-state index contributed by atoms with van der Waals surface area (Å²) in [5.41, 5.74) is 7.30. The number of nitrogens with zero attached hydrogens (tertiary/aromatic N) is 1. The van der Waals surface area contributed by atoms with Gasteiger partial charge in [-0.1, -0.05) is 12.1 Å². The van der Waals surface area contributed by atoms with Gasteiger partial charge in [-0.15, -0.1) is 0 Å². The molecular weight excluding hydrogens is 332 g/mol. The number of methoxy groups -OCH3 is 2. The highest BCUT2D eigenvalue weighted by atomic mass is 16.5. The Morgan fingerprint density at radius 3 is 2.54 bits per heavy atom. The molecule has 0 saturated carbocycles. The third-order valence-corrected chi connectivity index (χ3v) is 3.85. The fraction of sp³-hybridized carbons (Fsp3) is 0.200. The summed E-state index contributed by atoms with van der Waals surface area (Å²) < 4.78 is 10.5. The molecule has 0 aliphatic carbocycles. The minimum atomic E-state index is -0.493. The number of benzene rings is 2. The van der Waals surface area contributed by atoms with Crippen LogP contribution in [0.4, 0.5) is 0 Å². The standard InChI is InChI=1S/C20H22N2O4/c1-22(13-14-5-4-6-16(11-14)20(21)24)19(23)10-8-15-7-9-17(25-2)12-18(15)26-3/h4-12H,13H2,1-3H3,(H2,21,24). The summed E-state index contributed by atoms with van der Waals surface area (Å²) in [7, 11) is 4.83. The summed E-state index contributed by atoms with van der Waals surface area (Å²) in [6, 6.07) is 12.3. The number of amides is 2. The highest BCUT2D eigenvalue weighted by Gasteiger charge is 2.09. The second-order valence-corrected chi connectivity index (χ2v) is 5.70. The molecule has 0 aliphatic heterocycles. The number of carbonyl (C=O) groups is 2. The second-order valence-electron chi connectivity index (χ2n) is 5.70. The predicted molar refractivity (Wildman–Crippen MR) is 100 cm³/mol. The van der Waals surface area contributed by atoms with Gasteiger partial charge < -0.3 is 20.1 Å². The van der Waals surface area contributed by atoms with Crippen molar-refractivity contribution in [1.29, 1.82) is 0 Å². The molecule has 2 amide bonds. The van der Waals surface area contributed by atoms with Crippen molar-refractivity contribution < 1.29 is 19.1 Å². The highest BCUT2D eigenvalue weighted by Crippen LogP contribution is 2.25. The zero-order chi connectivity index (χ0) is 19.1. The van der Waals surface area contributed by atoms with Gasteiger partial charge in [-0.3, -0.25) is 9.59 Å². The molecule has 2 rings (SSSR count). The molecule has 0 aliphatic rings. The number of hydrogen-bond donors (Lipinski definition) is 1. The SMILES string of the molecule is COc1ccc(C=CC(=O)N(C)Cc2cccc(C(N)=O)c2)c(OC)c1. The van der Waals surface area contributed by atoms with Gasteiger partial charge in [0.15, 0.2) is 0 Å². The minimum absolute atomic E-state index is 0.174. The van der Waals surface area contributed by atoms with Crippen molar-refractivity contribution in [3.8, 4) is 11.5 Å². The molecule has 0 unspecified atom stereocenters. The quantitative estimate of drug-likeness (QED) is 0.775. The lowest BCUT2D eigenvalue weighted by Crippen LogP contribution is -2.24. The average molecular weight is 354 g/mol. The van der Waals surface area contributed by atoms with E-state index in [-0.39, 0.29) is 5.91 Å². The molecule has 0 atom stereocenters. The van der Waals surface area contributed by atoms with Gasteiger partial charge >= 0.3 is 0 Å². The Kier molecular flexibility index (Phi) is 6.38. The number of primary amides is 1. The van der Waals surface area contributed by atoms with E-state index in [1.807, 2.05) is 12.1 Å². The Labute approximate surface area is 152 Å². The summed E-state index contributed by atoms with van der Waals surface area (Å²) in [5, 5.41) is 0. The lowest BCUT2D eigenvalue weighted by Gasteiger charge is -2.15. The van der Waals surface area contributed by atoms with Crippen LogP contribution in [0.25, 0.3) is 6.08 Å². The largest absolute Gasteiger partial charge is 0.497 e. The first kappa shape index (κ1) is 19.1. The second kappa shape index (κ2) is 8.71. The first-order chi connectivity index (χ1) is 12.4. The van der Waals surface area contributed by atoms with Gasteiger partial charge in [-0.25, -0.2) is 0 Å². The van der Waals surface area contributed by atoms with E-state index in [2.05, 4.69) is 0 Å². The topological polar surface area (TPSA) is 81.9 Å². The molecule has 0 heterocycles. The zero-order valence-electron chi connectivity index (χ0n) is 15.1. The fourth-order valence-electron chi connectivity index (χ4n) is 2.42. The summed E-state index contributed by atoms with van der Waals surface area (Å²) in [6.45, 7) is 0.365. The number of ether oxygens (including phenoxy) is 2. The number of nitrogens with two attached hydrogens (primary N) is 1. The normalized spacial score (nSPS) is 10.6. The Morgan fingerprint density at radius 2 is 1.88 bits per heavy atom. The third kappa shape index (κ3) is 4.86. The van der Waals surface area contributed by atoms with Gasteiger partial charge in [0.05, 0.1) is 14.2 Å². The van der Waals surface area contributed by atoms with Crippen LogP contribution in [-0.2, 0) is 11.3 Å². The first-order valence-corrected chi connectivity index (χ1v) is 7.98. The van der Waals surface area contributed by atoms with E-state index in [4.69, 9.17) is 15.2 Å². The smallest absolute Gasteiger partial charge is 0.248 e. The van der Waals surface area contributed by atoms with Crippen molar-refractivity contribution in [1.82, 2.24) is 4.90 Å². The number of carbonyl (C=O) groups excluding carboxylic acids is 2. The molecule has 0 radical (unpaired) electrons. The van der Waals surface area contributed by atoms with E-state index in [1.54, 1.807) is 62.6 Å². The van der Waals surface area contributed by atoms with Crippen molar-refractivity contribution in [2.75, 3.05) is 21.3 Å². The molecule has 6 nitrogen and oxygen atoms in total. The Balaban J connectivity index is 2.08. The molecule has 0 bridgehead atoms. The summed E-state index contributed by atoms with van der Waals surface area (Å²) in [5.74, 6) is 0.627. The molecular formula is C20H22N2O4. The van der Waals surface area contributed by atoms with Crippen molar-refractivity contribution in [2.24, 2.45) is 5.73 Å². The Morgan fingerprint density at radius 1 is 1.12 bits per heavy atom. The van der Waals surface area contributed by atoms with Crippen molar-refractivity contribution in [3.63, 3.8) is 0 Å². The molecule has 2 aromatic carbocycles. The van der Waals surface area contributed by atoms with Crippen LogP contribution in [0, 0.1) is 0 Å². The average Bonchev–Trinajstić information content (AvgIpc) is 2.65. The number of hydrogen-bond acceptors (Lipinski definition) is 4. The minimum Gasteiger partial charge on any atom is -0.497 e. The maximum atomic E-state index is 12.3. The van der Waals surface area contributed by atoms with E-state index in [1.165, 1.54) is 6.08 Å². The third-order valence-electron chi connectivity index (χ3n) is 3.85. The van der Waals surface area contributed by atoms with Crippen LogP contribution in [0.2, 0.25) is 0 Å². The molecule has 136 valence electrons. The van der Waals surface area contributed by atoms with E-state index >= 15 is 0 Å². The summed E-state index contributed by atoms with van der Waals surface area (Å²) in [4.78, 5) is 25.1. The summed E-state index contributed by atoms with van der Waals surface area (Å²) in [6.07, 6.45) is 3.17. The molecule has 0 fully saturated rings. The lowest BCUT2D eigenvalue weighted by atomic mass is 10.1. The molecule has 0 spiro atoms. The van der Waals surface area contributed by atoms with E-state index < -0.39 is 5.91 Å². The Hall–Kier alpha value is -3.28. The highest BCUT2D eigenvalue weighted by molar-refractivity contribution is 5.93. The fourth-order valence-corrected chi connectivity index (χ4v) is 2.42. The molecule has 6 heteroatoms. The van der Waals surface area contributed by atoms with Crippen molar-refractivity contribution in [2.45, 2.75) is 6.54 Å². The molecule has 0 saturated heterocycles. The maximum Gasteiger partial charge on any atom is 0.248 e. The van der Waals surface area contributed by atoms with E-state index in [0.29, 0.717) is 23.6 Å². The van der Waals surface area contributed by atoms with Gasteiger partial charge in [0, 0.05) is 36.9 Å². The molecule has 0 aromatic heterocycles. The zero-order valence-corrected chi connectivity index (χ0v) is 15.1. The van der Waals surface area contributed by atoms with Crippen molar-refractivity contribution in [3.05, 3.63) is 65.2 Å². The van der Waals surface area contributed by atoms with E-state index in [9.17, 15) is 9.59 Å². The van der Waals surface area contributed by atoms with Crippen LogP contribution in [0.15, 0.2) is 48.5 Å². The van der Waals surface area contributed by atoms with Crippen LogP contribution in [0.3, 0.4) is 0 Å². The van der Waals surface area contributed by atoms with Crippen LogP contribution < -0.4 is 15.2 Å².